The van der Waals surface area contributed by atoms with E-state index in [1.807, 2.05) is 0 Å². The first-order valence-electron chi connectivity index (χ1n) is 6.35. The van der Waals surface area contributed by atoms with Crippen LogP contribution in [0.4, 0.5) is 0 Å². The third-order valence-corrected chi connectivity index (χ3v) is 3.38. The van der Waals surface area contributed by atoms with Crippen molar-refractivity contribution in [3.8, 4) is 0 Å². The highest BCUT2D eigenvalue weighted by Crippen LogP contribution is 2.13. The SMILES string of the molecule is CCCNCC(C)C(C)N1CC=CCC1. The minimum Gasteiger partial charge on any atom is -0.316 e. The summed E-state index contributed by atoms with van der Waals surface area (Å²) in [4.78, 5) is 2.58. The van der Waals surface area contributed by atoms with Crippen LogP contribution < -0.4 is 5.32 Å². The number of rotatable bonds is 6. The number of hydrogen-bond donors (Lipinski definition) is 1. The molecule has 88 valence electrons. The third-order valence-electron chi connectivity index (χ3n) is 3.38. The van der Waals surface area contributed by atoms with E-state index in [0.29, 0.717) is 6.04 Å². The second-order valence-corrected chi connectivity index (χ2v) is 4.68. The van der Waals surface area contributed by atoms with E-state index in [4.69, 9.17) is 0 Å². The van der Waals surface area contributed by atoms with E-state index in [2.05, 4.69) is 43.1 Å². The summed E-state index contributed by atoms with van der Waals surface area (Å²) in [5.41, 5.74) is 0. The van der Waals surface area contributed by atoms with Crippen LogP contribution in [-0.4, -0.2) is 37.1 Å². The van der Waals surface area contributed by atoms with Gasteiger partial charge in [-0.3, -0.25) is 4.90 Å². The molecule has 0 bridgehead atoms. The second kappa shape index (κ2) is 7.02. The van der Waals surface area contributed by atoms with Gasteiger partial charge in [0.2, 0.25) is 0 Å². The van der Waals surface area contributed by atoms with Crippen molar-refractivity contribution >= 4 is 0 Å². The fraction of sp³-hybridized carbons (Fsp3) is 0.846. The highest BCUT2D eigenvalue weighted by molar-refractivity contribution is 4.93. The predicted molar refractivity (Wildman–Crippen MR) is 67.1 cm³/mol. The first kappa shape index (κ1) is 12.7. The number of hydrogen-bond acceptors (Lipinski definition) is 2. The zero-order valence-corrected chi connectivity index (χ0v) is 10.5. The zero-order valence-electron chi connectivity index (χ0n) is 10.5. The van der Waals surface area contributed by atoms with Crippen LogP contribution in [0.3, 0.4) is 0 Å². The summed E-state index contributed by atoms with van der Waals surface area (Å²) >= 11 is 0. The van der Waals surface area contributed by atoms with Gasteiger partial charge >= 0.3 is 0 Å². The van der Waals surface area contributed by atoms with Gasteiger partial charge in [0.05, 0.1) is 0 Å². The average molecular weight is 210 g/mol. The normalized spacial score (nSPS) is 21.5. The Morgan fingerprint density at radius 2 is 2.13 bits per heavy atom. The van der Waals surface area contributed by atoms with Gasteiger partial charge in [-0.25, -0.2) is 0 Å². The predicted octanol–water partition coefficient (Wildman–Crippen LogP) is 2.27. The Kier molecular flexibility index (Phi) is 5.96. The van der Waals surface area contributed by atoms with Crippen molar-refractivity contribution in [2.75, 3.05) is 26.2 Å². The fourth-order valence-electron chi connectivity index (χ4n) is 2.07. The van der Waals surface area contributed by atoms with Crippen LogP contribution in [0.25, 0.3) is 0 Å². The molecular formula is C13H26N2. The Morgan fingerprint density at radius 1 is 1.33 bits per heavy atom. The molecule has 1 aliphatic rings. The maximum atomic E-state index is 3.51. The molecule has 0 amide bonds. The van der Waals surface area contributed by atoms with Gasteiger partial charge in [0.15, 0.2) is 0 Å². The van der Waals surface area contributed by atoms with Crippen molar-refractivity contribution in [1.82, 2.24) is 10.2 Å². The first-order chi connectivity index (χ1) is 7.25. The maximum Gasteiger partial charge on any atom is 0.0166 e. The minimum absolute atomic E-state index is 0.694. The summed E-state index contributed by atoms with van der Waals surface area (Å²) in [5.74, 6) is 0.739. The van der Waals surface area contributed by atoms with Crippen LogP contribution in [0.2, 0.25) is 0 Å². The molecule has 0 aromatic carbocycles. The Morgan fingerprint density at radius 3 is 2.73 bits per heavy atom. The molecule has 15 heavy (non-hydrogen) atoms. The van der Waals surface area contributed by atoms with Gasteiger partial charge in [0, 0.05) is 19.1 Å². The lowest BCUT2D eigenvalue weighted by Crippen LogP contribution is -2.42. The Labute approximate surface area is 94.7 Å². The van der Waals surface area contributed by atoms with Gasteiger partial charge in [0.1, 0.15) is 0 Å². The quantitative estimate of drug-likeness (QED) is 0.534. The van der Waals surface area contributed by atoms with E-state index < -0.39 is 0 Å². The summed E-state index contributed by atoms with van der Waals surface area (Å²) in [5, 5.41) is 3.51. The molecule has 0 spiro atoms. The fourth-order valence-corrected chi connectivity index (χ4v) is 2.07. The molecule has 1 rings (SSSR count). The highest BCUT2D eigenvalue weighted by atomic mass is 15.2. The van der Waals surface area contributed by atoms with E-state index in [0.717, 1.165) is 25.6 Å². The lowest BCUT2D eigenvalue weighted by Gasteiger charge is -2.34. The van der Waals surface area contributed by atoms with Crippen LogP contribution in [0, 0.1) is 5.92 Å². The maximum absolute atomic E-state index is 3.51. The molecular weight excluding hydrogens is 184 g/mol. The molecule has 0 saturated heterocycles. The monoisotopic (exact) mass is 210 g/mol. The summed E-state index contributed by atoms with van der Waals surface area (Å²) in [6.45, 7) is 11.6. The van der Waals surface area contributed by atoms with Gasteiger partial charge < -0.3 is 5.32 Å². The van der Waals surface area contributed by atoms with Crippen molar-refractivity contribution < 1.29 is 0 Å². The molecule has 1 N–H and O–H groups in total. The molecule has 2 nitrogen and oxygen atoms in total. The lowest BCUT2D eigenvalue weighted by molar-refractivity contribution is 0.173. The average Bonchev–Trinajstić information content (AvgIpc) is 2.29. The van der Waals surface area contributed by atoms with Crippen LogP contribution in [0.5, 0.6) is 0 Å². The van der Waals surface area contributed by atoms with Crippen molar-refractivity contribution in [3.63, 3.8) is 0 Å². The first-order valence-corrected chi connectivity index (χ1v) is 6.35. The standard InChI is InChI=1S/C13H26N2/c1-4-8-14-11-12(2)13(3)15-9-6-5-7-10-15/h5-6,12-14H,4,7-11H2,1-3H3. The van der Waals surface area contributed by atoms with Crippen LogP contribution in [0.15, 0.2) is 12.2 Å². The highest BCUT2D eigenvalue weighted by Gasteiger charge is 2.19. The van der Waals surface area contributed by atoms with E-state index >= 15 is 0 Å². The Bertz CT molecular complexity index is 189. The van der Waals surface area contributed by atoms with Crippen molar-refractivity contribution in [1.29, 1.82) is 0 Å². The molecule has 1 heterocycles. The van der Waals surface area contributed by atoms with Gasteiger partial charge in [-0.2, -0.15) is 0 Å². The van der Waals surface area contributed by atoms with Crippen LogP contribution in [0.1, 0.15) is 33.6 Å². The van der Waals surface area contributed by atoms with Crippen molar-refractivity contribution in [2.45, 2.75) is 39.7 Å². The summed E-state index contributed by atoms with van der Waals surface area (Å²) < 4.78 is 0. The molecule has 0 saturated carbocycles. The smallest absolute Gasteiger partial charge is 0.0166 e. The van der Waals surface area contributed by atoms with Crippen LogP contribution >= 0.6 is 0 Å². The molecule has 0 aromatic heterocycles. The molecule has 2 atom stereocenters. The molecule has 2 unspecified atom stereocenters. The van der Waals surface area contributed by atoms with Gasteiger partial charge in [0.25, 0.3) is 0 Å². The summed E-state index contributed by atoms with van der Waals surface area (Å²) in [7, 11) is 0. The van der Waals surface area contributed by atoms with E-state index in [1.54, 1.807) is 0 Å². The summed E-state index contributed by atoms with van der Waals surface area (Å²) in [6.07, 6.45) is 7.04. The minimum atomic E-state index is 0.694. The zero-order chi connectivity index (χ0) is 11.1. The summed E-state index contributed by atoms with van der Waals surface area (Å²) in [6, 6.07) is 0.694. The Hall–Kier alpha value is -0.340. The number of nitrogens with zero attached hydrogens (tertiary/aromatic N) is 1. The van der Waals surface area contributed by atoms with E-state index in [1.165, 1.54) is 19.4 Å². The van der Waals surface area contributed by atoms with Gasteiger partial charge in [-0.15, -0.1) is 0 Å². The molecule has 2 heteroatoms. The topological polar surface area (TPSA) is 15.3 Å². The van der Waals surface area contributed by atoms with E-state index in [9.17, 15) is 0 Å². The second-order valence-electron chi connectivity index (χ2n) is 4.68. The molecule has 0 radical (unpaired) electrons. The van der Waals surface area contributed by atoms with Gasteiger partial charge in [-0.1, -0.05) is 26.0 Å². The largest absolute Gasteiger partial charge is 0.316 e. The molecule has 0 fully saturated rings. The van der Waals surface area contributed by atoms with E-state index in [-0.39, 0.29) is 0 Å². The molecule has 0 aromatic rings. The Balaban J connectivity index is 2.24. The third kappa shape index (κ3) is 4.35. The van der Waals surface area contributed by atoms with Crippen molar-refractivity contribution in [3.05, 3.63) is 12.2 Å². The molecule has 1 aliphatic heterocycles. The molecule has 0 aliphatic carbocycles. The lowest BCUT2D eigenvalue weighted by atomic mass is 10.0. The van der Waals surface area contributed by atoms with Gasteiger partial charge in [-0.05, 0) is 38.8 Å². The number of nitrogens with one attached hydrogen (secondary N) is 1. The van der Waals surface area contributed by atoms with Crippen molar-refractivity contribution in [2.24, 2.45) is 5.92 Å². The van der Waals surface area contributed by atoms with Crippen LogP contribution in [-0.2, 0) is 0 Å².